The van der Waals surface area contributed by atoms with E-state index in [2.05, 4.69) is 27.8 Å². The van der Waals surface area contributed by atoms with Gasteiger partial charge in [0.1, 0.15) is 5.76 Å². The molecule has 0 aliphatic heterocycles. The maximum Gasteiger partial charge on any atom is 0.264 e. The van der Waals surface area contributed by atoms with Crippen LogP contribution in [0.4, 0.5) is 0 Å². The summed E-state index contributed by atoms with van der Waals surface area (Å²) in [6.45, 7) is 2.23. The SMILES string of the molecule is CC1(c2cnc(Br)o2)CCC1. The first kappa shape index (κ1) is 7.35. The minimum absolute atomic E-state index is 0.277. The van der Waals surface area contributed by atoms with Crippen LogP contribution in [-0.2, 0) is 5.41 Å². The van der Waals surface area contributed by atoms with Crippen LogP contribution in [0.3, 0.4) is 0 Å². The van der Waals surface area contributed by atoms with Crippen LogP contribution >= 0.6 is 15.9 Å². The van der Waals surface area contributed by atoms with E-state index in [1.54, 1.807) is 0 Å². The molecule has 1 aromatic heterocycles. The molecule has 1 aromatic rings. The van der Waals surface area contributed by atoms with E-state index in [4.69, 9.17) is 4.42 Å². The summed E-state index contributed by atoms with van der Waals surface area (Å²) in [5.74, 6) is 1.02. The number of aromatic nitrogens is 1. The Morgan fingerprint density at radius 1 is 1.64 bits per heavy atom. The van der Waals surface area contributed by atoms with E-state index in [0.717, 1.165) is 5.76 Å². The molecule has 1 aliphatic rings. The predicted molar refractivity (Wildman–Crippen MR) is 45.4 cm³/mol. The number of rotatable bonds is 1. The maximum atomic E-state index is 5.40. The van der Waals surface area contributed by atoms with Crippen molar-refractivity contribution in [3.8, 4) is 0 Å². The standard InChI is InChI=1S/C8H10BrNO/c1-8(3-2-4-8)6-5-10-7(9)11-6/h5H,2-4H2,1H3. The second-order valence-electron chi connectivity index (χ2n) is 3.39. The third kappa shape index (κ3) is 1.11. The van der Waals surface area contributed by atoms with Gasteiger partial charge in [0.05, 0.1) is 6.20 Å². The molecule has 2 rings (SSSR count). The van der Waals surface area contributed by atoms with Gasteiger partial charge in [0.2, 0.25) is 0 Å². The second kappa shape index (κ2) is 2.34. The third-order valence-corrected chi connectivity index (χ3v) is 2.90. The van der Waals surface area contributed by atoms with Crippen LogP contribution in [0.2, 0.25) is 0 Å². The van der Waals surface area contributed by atoms with Crippen LogP contribution in [-0.4, -0.2) is 4.98 Å². The summed E-state index contributed by atoms with van der Waals surface area (Å²) >= 11 is 3.20. The lowest BCUT2D eigenvalue weighted by Crippen LogP contribution is -2.29. The molecule has 2 nitrogen and oxygen atoms in total. The Morgan fingerprint density at radius 3 is 2.73 bits per heavy atom. The van der Waals surface area contributed by atoms with Crippen molar-refractivity contribution in [2.45, 2.75) is 31.6 Å². The van der Waals surface area contributed by atoms with Gasteiger partial charge in [0, 0.05) is 21.3 Å². The van der Waals surface area contributed by atoms with Gasteiger partial charge in [-0.25, -0.2) is 4.98 Å². The van der Waals surface area contributed by atoms with Gasteiger partial charge < -0.3 is 4.42 Å². The Morgan fingerprint density at radius 2 is 2.36 bits per heavy atom. The number of nitrogens with zero attached hydrogens (tertiary/aromatic N) is 1. The highest BCUT2D eigenvalue weighted by Gasteiger charge is 2.36. The van der Waals surface area contributed by atoms with E-state index in [9.17, 15) is 0 Å². The van der Waals surface area contributed by atoms with Crippen molar-refractivity contribution in [2.24, 2.45) is 0 Å². The van der Waals surface area contributed by atoms with E-state index < -0.39 is 0 Å². The lowest BCUT2D eigenvalue weighted by molar-refractivity contribution is 0.221. The summed E-state index contributed by atoms with van der Waals surface area (Å²) in [4.78, 5) is 4.61. The zero-order chi connectivity index (χ0) is 7.90. The smallest absolute Gasteiger partial charge is 0.264 e. The first-order chi connectivity index (χ1) is 5.21. The van der Waals surface area contributed by atoms with Crippen LogP contribution in [0.5, 0.6) is 0 Å². The Labute approximate surface area is 74.1 Å². The molecule has 3 heteroatoms. The highest BCUT2D eigenvalue weighted by Crippen LogP contribution is 2.43. The van der Waals surface area contributed by atoms with Gasteiger partial charge in [-0.3, -0.25) is 0 Å². The van der Waals surface area contributed by atoms with Gasteiger partial charge in [-0.05, 0) is 12.8 Å². The molecule has 0 atom stereocenters. The molecule has 0 amide bonds. The van der Waals surface area contributed by atoms with Crippen molar-refractivity contribution in [3.63, 3.8) is 0 Å². The first-order valence-electron chi connectivity index (χ1n) is 3.82. The third-order valence-electron chi connectivity index (χ3n) is 2.53. The fraction of sp³-hybridized carbons (Fsp3) is 0.625. The second-order valence-corrected chi connectivity index (χ2v) is 4.07. The van der Waals surface area contributed by atoms with Crippen molar-refractivity contribution in [1.82, 2.24) is 4.98 Å². The number of hydrogen-bond acceptors (Lipinski definition) is 2. The molecular weight excluding hydrogens is 206 g/mol. The first-order valence-corrected chi connectivity index (χ1v) is 4.62. The molecular formula is C8H10BrNO. The van der Waals surface area contributed by atoms with Gasteiger partial charge in [-0.2, -0.15) is 0 Å². The highest BCUT2D eigenvalue weighted by molar-refractivity contribution is 9.10. The van der Waals surface area contributed by atoms with E-state index in [1.807, 2.05) is 6.20 Å². The normalized spacial score (nSPS) is 21.3. The molecule has 0 unspecified atom stereocenters. The Balaban J connectivity index is 2.28. The summed E-state index contributed by atoms with van der Waals surface area (Å²) in [6, 6.07) is 0. The number of halogens is 1. The van der Waals surface area contributed by atoms with E-state index >= 15 is 0 Å². The zero-order valence-electron chi connectivity index (χ0n) is 6.43. The van der Waals surface area contributed by atoms with Crippen LogP contribution in [0.25, 0.3) is 0 Å². The van der Waals surface area contributed by atoms with Crippen LogP contribution in [0, 0.1) is 0 Å². The van der Waals surface area contributed by atoms with E-state index in [0.29, 0.717) is 4.80 Å². The molecule has 11 heavy (non-hydrogen) atoms. The van der Waals surface area contributed by atoms with Crippen LogP contribution in [0.15, 0.2) is 15.4 Å². The van der Waals surface area contributed by atoms with Gasteiger partial charge in [-0.1, -0.05) is 13.3 Å². The van der Waals surface area contributed by atoms with Gasteiger partial charge >= 0.3 is 0 Å². The van der Waals surface area contributed by atoms with Crippen LogP contribution in [0.1, 0.15) is 31.9 Å². The van der Waals surface area contributed by atoms with Gasteiger partial charge in [-0.15, -0.1) is 0 Å². The molecule has 1 fully saturated rings. The Kier molecular flexibility index (Phi) is 1.56. The Hall–Kier alpha value is -0.310. The summed E-state index contributed by atoms with van der Waals surface area (Å²) < 4.78 is 5.40. The van der Waals surface area contributed by atoms with Crippen molar-refractivity contribution >= 4 is 15.9 Å². The molecule has 1 saturated carbocycles. The fourth-order valence-electron chi connectivity index (χ4n) is 1.49. The topological polar surface area (TPSA) is 26.0 Å². The molecule has 60 valence electrons. The average Bonchev–Trinajstić information content (AvgIpc) is 2.31. The fourth-order valence-corrected chi connectivity index (χ4v) is 1.76. The molecule has 0 spiro atoms. The molecule has 0 N–H and O–H groups in total. The van der Waals surface area contributed by atoms with E-state index in [1.165, 1.54) is 19.3 Å². The molecule has 1 heterocycles. The van der Waals surface area contributed by atoms with Crippen LogP contribution < -0.4 is 0 Å². The van der Waals surface area contributed by atoms with Gasteiger partial charge in [0.15, 0.2) is 0 Å². The largest absolute Gasteiger partial charge is 0.436 e. The summed E-state index contributed by atoms with van der Waals surface area (Å²) in [6.07, 6.45) is 5.60. The predicted octanol–water partition coefficient (Wildman–Crippen LogP) is 2.88. The molecule has 0 aromatic carbocycles. The molecule has 0 bridgehead atoms. The summed E-state index contributed by atoms with van der Waals surface area (Å²) in [5, 5.41) is 0. The lowest BCUT2D eigenvalue weighted by Gasteiger charge is -2.35. The summed E-state index contributed by atoms with van der Waals surface area (Å²) in [7, 11) is 0. The van der Waals surface area contributed by atoms with Crippen molar-refractivity contribution in [1.29, 1.82) is 0 Å². The maximum absolute atomic E-state index is 5.40. The average molecular weight is 216 g/mol. The van der Waals surface area contributed by atoms with Crippen molar-refractivity contribution in [3.05, 3.63) is 16.8 Å². The molecule has 0 saturated heterocycles. The van der Waals surface area contributed by atoms with Crippen molar-refractivity contribution in [2.75, 3.05) is 0 Å². The van der Waals surface area contributed by atoms with E-state index in [-0.39, 0.29) is 5.41 Å². The monoisotopic (exact) mass is 215 g/mol. The highest BCUT2D eigenvalue weighted by atomic mass is 79.9. The van der Waals surface area contributed by atoms with Crippen molar-refractivity contribution < 1.29 is 4.42 Å². The quantitative estimate of drug-likeness (QED) is 0.721. The minimum atomic E-state index is 0.277. The summed E-state index contributed by atoms with van der Waals surface area (Å²) in [5.41, 5.74) is 0.277. The lowest BCUT2D eigenvalue weighted by atomic mass is 9.69. The molecule has 0 radical (unpaired) electrons. The molecule has 1 aliphatic carbocycles. The number of oxazole rings is 1. The Bertz CT molecular complexity index is 265. The minimum Gasteiger partial charge on any atom is -0.436 e. The zero-order valence-corrected chi connectivity index (χ0v) is 8.02. The van der Waals surface area contributed by atoms with Gasteiger partial charge in [0.25, 0.3) is 4.80 Å². The number of hydrogen-bond donors (Lipinski definition) is 0.